The molecule has 2 unspecified atom stereocenters. The van der Waals surface area contributed by atoms with Gasteiger partial charge < -0.3 is 9.80 Å². The van der Waals surface area contributed by atoms with Crippen molar-refractivity contribution in [2.24, 2.45) is 5.92 Å². The Morgan fingerprint density at radius 1 is 1.08 bits per heavy atom. The van der Waals surface area contributed by atoms with Crippen molar-refractivity contribution in [3.63, 3.8) is 0 Å². The van der Waals surface area contributed by atoms with E-state index in [9.17, 15) is 9.59 Å². The lowest BCUT2D eigenvalue weighted by Gasteiger charge is -2.41. The normalized spacial score (nSPS) is 16.6. The SMILES string of the molecule is CCCCC(CC)C(=O)N1CCN(C(=O)CCCSc2nnc(-c3cccs3)n2-c2ccccc2)CC1C. The maximum atomic E-state index is 13.1. The average Bonchev–Trinajstić information content (AvgIpc) is 3.62. The van der Waals surface area contributed by atoms with Crippen LogP contribution >= 0.6 is 23.1 Å². The number of aromatic nitrogens is 3. The highest BCUT2D eigenvalue weighted by Crippen LogP contribution is 2.31. The summed E-state index contributed by atoms with van der Waals surface area (Å²) in [7, 11) is 0. The average molecular weight is 554 g/mol. The molecule has 1 saturated heterocycles. The molecule has 1 aliphatic heterocycles. The molecule has 0 radical (unpaired) electrons. The number of rotatable bonds is 12. The first-order valence-corrected chi connectivity index (χ1v) is 15.7. The van der Waals surface area contributed by atoms with Crippen molar-refractivity contribution in [2.45, 2.75) is 70.5 Å². The molecule has 2 atom stereocenters. The van der Waals surface area contributed by atoms with Crippen molar-refractivity contribution in [1.29, 1.82) is 0 Å². The third-order valence-corrected chi connectivity index (χ3v) is 9.05. The number of amides is 2. The fourth-order valence-electron chi connectivity index (χ4n) is 4.98. The van der Waals surface area contributed by atoms with Gasteiger partial charge in [-0.3, -0.25) is 14.2 Å². The summed E-state index contributed by atoms with van der Waals surface area (Å²) in [5.74, 6) is 2.17. The van der Waals surface area contributed by atoms with E-state index in [1.54, 1.807) is 23.1 Å². The lowest BCUT2D eigenvalue weighted by atomic mass is 9.96. The molecule has 1 fully saturated rings. The lowest BCUT2D eigenvalue weighted by molar-refractivity contribution is -0.145. The van der Waals surface area contributed by atoms with E-state index in [2.05, 4.69) is 53.7 Å². The van der Waals surface area contributed by atoms with Gasteiger partial charge in [-0.1, -0.05) is 62.7 Å². The minimum Gasteiger partial charge on any atom is -0.339 e. The van der Waals surface area contributed by atoms with E-state index in [1.165, 1.54) is 0 Å². The van der Waals surface area contributed by atoms with E-state index >= 15 is 0 Å². The van der Waals surface area contributed by atoms with Crippen molar-refractivity contribution in [3.8, 4) is 16.4 Å². The van der Waals surface area contributed by atoms with Crippen molar-refractivity contribution in [3.05, 3.63) is 47.8 Å². The number of para-hydroxylation sites is 1. The van der Waals surface area contributed by atoms with Crippen LogP contribution in [0.1, 0.15) is 59.3 Å². The number of carbonyl (C=O) groups excluding carboxylic acids is 2. The van der Waals surface area contributed by atoms with Crippen LogP contribution in [0.2, 0.25) is 0 Å². The van der Waals surface area contributed by atoms with Gasteiger partial charge in [0.05, 0.1) is 4.88 Å². The van der Waals surface area contributed by atoms with Gasteiger partial charge in [-0.15, -0.1) is 21.5 Å². The van der Waals surface area contributed by atoms with Gasteiger partial charge >= 0.3 is 0 Å². The number of hydrogen-bond acceptors (Lipinski definition) is 6. The van der Waals surface area contributed by atoms with Gasteiger partial charge in [-0.25, -0.2) is 0 Å². The zero-order valence-corrected chi connectivity index (χ0v) is 24.3. The molecule has 3 heterocycles. The molecule has 0 N–H and O–H groups in total. The van der Waals surface area contributed by atoms with Gasteiger partial charge in [-0.05, 0) is 49.8 Å². The zero-order chi connectivity index (χ0) is 26.9. The largest absolute Gasteiger partial charge is 0.339 e. The van der Waals surface area contributed by atoms with Crippen LogP contribution in [0.5, 0.6) is 0 Å². The van der Waals surface area contributed by atoms with Crippen LogP contribution in [-0.2, 0) is 9.59 Å². The van der Waals surface area contributed by atoms with Gasteiger partial charge in [-0.2, -0.15) is 0 Å². The number of nitrogens with zero attached hydrogens (tertiary/aromatic N) is 5. The van der Waals surface area contributed by atoms with E-state index in [1.807, 2.05) is 39.4 Å². The van der Waals surface area contributed by atoms with E-state index in [0.717, 1.165) is 59.4 Å². The third kappa shape index (κ3) is 6.86. The standard InChI is InChI=1S/C29H39N5O2S2/c1-4-6-12-23(5-2)28(36)33-18-17-32(21-22(33)3)26(35)16-11-20-38-29-31-30-27(25-15-10-19-37-25)34(29)24-13-8-7-9-14-24/h7-10,13-15,19,22-23H,4-6,11-12,16-18,20-21H2,1-3H3. The maximum Gasteiger partial charge on any atom is 0.226 e. The van der Waals surface area contributed by atoms with Gasteiger partial charge in [0.1, 0.15) is 0 Å². The highest BCUT2D eigenvalue weighted by molar-refractivity contribution is 7.99. The molecule has 0 spiro atoms. The fourth-order valence-corrected chi connectivity index (χ4v) is 6.57. The van der Waals surface area contributed by atoms with Crippen molar-refractivity contribution in [2.75, 3.05) is 25.4 Å². The number of thioether (sulfide) groups is 1. The molecule has 2 aromatic heterocycles. The van der Waals surface area contributed by atoms with Crippen LogP contribution in [0.15, 0.2) is 53.0 Å². The second-order valence-corrected chi connectivity index (χ2v) is 11.9. The number of thiophene rings is 1. The molecule has 1 aromatic carbocycles. The second-order valence-electron chi connectivity index (χ2n) is 9.87. The van der Waals surface area contributed by atoms with Crippen LogP contribution in [0.3, 0.4) is 0 Å². The summed E-state index contributed by atoms with van der Waals surface area (Å²) in [6, 6.07) is 14.3. The third-order valence-electron chi connectivity index (χ3n) is 7.17. The molecule has 7 nitrogen and oxygen atoms in total. The van der Waals surface area contributed by atoms with Crippen LogP contribution in [0, 0.1) is 5.92 Å². The quantitative estimate of drug-likeness (QED) is 0.199. The Bertz CT molecular complexity index is 1170. The van der Waals surface area contributed by atoms with Crippen LogP contribution < -0.4 is 0 Å². The van der Waals surface area contributed by atoms with E-state index < -0.39 is 0 Å². The summed E-state index contributed by atoms with van der Waals surface area (Å²) in [6.07, 6.45) is 5.31. The molecule has 9 heteroatoms. The Morgan fingerprint density at radius 2 is 1.89 bits per heavy atom. The predicted octanol–water partition coefficient (Wildman–Crippen LogP) is 6.14. The summed E-state index contributed by atoms with van der Waals surface area (Å²) < 4.78 is 2.10. The van der Waals surface area contributed by atoms with Gasteiger partial charge in [0.2, 0.25) is 11.8 Å². The Morgan fingerprint density at radius 3 is 2.58 bits per heavy atom. The van der Waals surface area contributed by atoms with Gasteiger partial charge in [0.15, 0.2) is 11.0 Å². The number of unbranched alkanes of at least 4 members (excludes halogenated alkanes) is 1. The van der Waals surface area contributed by atoms with Crippen LogP contribution in [-0.4, -0.2) is 67.8 Å². The van der Waals surface area contributed by atoms with Crippen LogP contribution in [0.25, 0.3) is 16.4 Å². The molecule has 0 saturated carbocycles. The molecule has 0 aliphatic carbocycles. The Kier molecular flexibility index (Phi) is 10.4. The first kappa shape index (κ1) is 28.4. The molecule has 4 rings (SSSR count). The second kappa shape index (κ2) is 13.9. The Labute approximate surface area is 234 Å². The molecule has 1 aliphatic rings. The Balaban J connectivity index is 1.29. The summed E-state index contributed by atoms with van der Waals surface area (Å²) in [4.78, 5) is 31.1. The molecular formula is C29H39N5O2S2. The predicted molar refractivity (Wildman–Crippen MR) is 156 cm³/mol. The number of carbonyl (C=O) groups is 2. The number of benzene rings is 1. The monoisotopic (exact) mass is 553 g/mol. The minimum atomic E-state index is 0.0605. The van der Waals surface area contributed by atoms with Crippen molar-refractivity contribution in [1.82, 2.24) is 24.6 Å². The Hall–Kier alpha value is -2.65. The minimum absolute atomic E-state index is 0.0605. The zero-order valence-electron chi connectivity index (χ0n) is 22.7. The smallest absolute Gasteiger partial charge is 0.226 e. The lowest BCUT2D eigenvalue weighted by Crippen LogP contribution is -2.56. The van der Waals surface area contributed by atoms with E-state index in [4.69, 9.17) is 0 Å². The van der Waals surface area contributed by atoms with E-state index in [-0.39, 0.29) is 23.8 Å². The van der Waals surface area contributed by atoms with Crippen molar-refractivity contribution < 1.29 is 9.59 Å². The maximum absolute atomic E-state index is 13.1. The highest BCUT2D eigenvalue weighted by Gasteiger charge is 2.32. The molecule has 38 heavy (non-hydrogen) atoms. The molecular weight excluding hydrogens is 514 g/mol. The molecule has 2 amide bonds. The molecule has 204 valence electrons. The highest BCUT2D eigenvalue weighted by atomic mass is 32.2. The summed E-state index contributed by atoms with van der Waals surface area (Å²) in [6.45, 7) is 8.22. The summed E-state index contributed by atoms with van der Waals surface area (Å²) in [5, 5.41) is 11.8. The van der Waals surface area contributed by atoms with E-state index in [0.29, 0.717) is 26.1 Å². The number of hydrogen-bond donors (Lipinski definition) is 0. The van der Waals surface area contributed by atoms with Crippen LogP contribution in [0.4, 0.5) is 0 Å². The molecule has 3 aromatic rings. The topological polar surface area (TPSA) is 71.3 Å². The van der Waals surface area contributed by atoms with Gasteiger partial charge in [0.25, 0.3) is 0 Å². The van der Waals surface area contributed by atoms with Crippen molar-refractivity contribution >= 4 is 34.9 Å². The first-order valence-electron chi connectivity index (χ1n) is 13.8. The van der Waals surface area contributed by atoms with Gasteiger partial charge in [0, 0.05) is 49.5 Å². The summed E-state index contributed by atoms with van der Waals surface area (Å²) >= 11 is 3.28. The molecule has 0 bridgehead atoms. The number of piperazine rings is 1. The fraction of sp³-hybridized carbons (Fsp3) is 0.517. The summed E-state index contributed by atoms with van der Waals surface area (Å²) in [5.41, 5.74) is 1.03. The first-order chi connectivity index (χ1) is 18.5.